The van der Waals surface area contributed by atoms with E-state index in [4.69, 9.17) is 19.0 Å². The van der Waals surface area contributed by atoms with Gasteiger partial charge in [0.05, 0.1) is 52.7 Å². The number of nitrogens with zero attached hydrogens (tertiary/aromatic N) is 2. The summed E-state index contributed by atoms with van der Waals surface area (Å²) in [4.78, 5) is 12.3. The quantitative estimate of drug-likeness (QED) is 0.0946. The first-order chi connectivity index (χ1) is 25.3. The lowest BCUT2D eigenvalue weighted by Gasteiger charge is -2.30. The molecule has 2 heterocycles. The lowest BCUT2D eigenvalue weighted by atomic mass is 9.77. The van der Waals surface area contributed by atoms with Gasteiger partial charge in [-0.25, -0.2) is 21.4 Å². The summed E-state index contributed by atoms with van der Waals surface area (Å²) >= 11 is 0. The zero-order valence-corrected chi connectivity index (χ0v) is 32.2. The van der Waals surface area contributed by atoms with Crippen molar-refractivity contribution < 1.29 is 62.7 Å². The molecule has 1 aromatic rings. The molecule has 1 unspecified atom stereocenters. The van der Waals surface area contributed by atoms with E-state index in [-0.39, 0.29) is 45.4 Å². The van der Waals surface area contributed by atoms with Crippen molar-refractivity contribution in [3.63, 3.8) is 0 Å². The standard InChI is InChI=1S/C35H44N2O14S3/c1-35(14-4-22-52(40,41)42)30-25-28(54(46,47)48)9-11-31(30)37(17-21-50-18-13-34(38)39)33(35)7-3-6-26-12-19-51-32-24-27(8-10-29(26)32)36(16-20-49-2)15-5-23-53(43,44)45/h3,6-12,19,24-25H,4-5,13-18,20-23H2,1-2H3,(H3-,38,39,40,41,42,43,44,45,46,47,48)/p-1. The fourth-order valence-electron chi connectivity index (χ4n) is 6.42. The lowest BCUT2D eigenvalue weighted by molar-refractivity contribution is -0.138. The molecule has 0 saturated heterocycles. The maximum atomic E-state index is 12.0. The summed E-state index contributed by atoms with van der Waals surface area (Å²) in [5.41, 5.74) is 1.95. The number of aliphatic carboxylic acids is 1. The van der Waals surface area contributed by atoms with Crippen molar-refractivity contribution in [1.82, 2.24) is 4.58 Å². The monoisotopic (exact) mass is 811 g/mol. The number of carboxylic acids is 1. The molecule has 0 saturated carbocycles. The van der Waals surface area contributed by atoms with Crippen molar-refractivity contribution in [2.24, 2.45) is 0 Å². The predicted octanol–water partition coefficient (Wildman–Crippen LogP) is 2.48. The normalized spacial score (nSPS) is 17.8. The molecule has 1 aromatic carbocycles. The second kappa shape index (κ2) is 18.1. The summed E-state index contributed by atoms with van der Waals surface area (Å²) in [7, 11) is -12.0. The average molecular weight is 812 g/mol. The van der Waals surface area contributed by atoms with Gasteiger partial charge in [0.2, 0.25) is 5.36 Å². The van der Waals surface area contributed by atoms with Gasteiger partial charge in [-0.1, -0.05) is 12.2 Å². The van der Waals surface area contributed by atoms with Crippen LogP contribution in [0, 0.1) is 0 Å². The SMILES string of the molecule is COCC[N+](CCCS(=O)(=O)O)=c1ccc2c(/C=C/C=C3/N(CCOCCC(=O)O)c4ccc(S(=O)(=O)[O-])cc4C3(C)CCCS(=O)(=O)[O-])ccoc-2c1. The number of hydrogen-bond acceptors (Lipinski definition) is 13. The summed E-state index contributed by atoms with van der Waals surface area (Å²) in [5, 5.41) is 9.73. The molecule has 296 valence electrons. The van der Waals surface area contributed by atoms with Crippen molar-refractivity contribution >= 4 is 48.1 Å². The molecule has 54 heavy (non-hydrogen) atoms. The number of methoxy groups -OCH3 is 1. The van der Waals surface area contributed by atoms with Crippen molar-refractivity contribution in [3.05, 3.63) is 83.1 Å². The minimum atomic E-state index is -4.86. The van der Waals surface area contributed by atoms with Crippen molar-refractivity contribution in [3.8, 4) is 11.3 Å². The Hall–Kier alpha value is -3.95. The molecule has 2 aliphatic heterocycles. The lowest BCUT2D eigenvalue weighted by Crippen LogP contribution is -2.34. The first kappa shape index (κ1) is 42.8. The highest BCUT2D eigenvalue weighted by atomic mass is 32.2. The summed E-state index contributed by atoms with van der Waals surface area (Å²) in [6.07, 6.45) is 6.82. The molecule has 2 N–H and O–H groups in total. The van der Waals surface area contributed by atoms with Gasteiger partial charge < -0.3 is 33.0 Å². The number of benzene rings is 2. The summed E-state index contributed by atoms with van der Waals surface area (Å²) in [5.74, 6) is -1.57. The Labute approximate surface area is 314 Å². The number of carbonyl (C=O) groups is 1. The summed E-state index contributed by atoms with van der Waals surface area (Å²) in [6.45, 7) is 3.12. The molecular formula is C35H43N2O14S3-. The highest BCUT2D eigenvalue weighted by molar-refractivity contribution is 7.86. The van der Waals surface area contributed by atoms with Gasteiger partial charge in [0.25, 0.3) is 10.1 Å². The molecule has 0 bridgehead atoms. The van der Waals surface area contributed by atoms with Gasteiger partial charge in [-0.3, -0.25) is 9.35 Å². The van der Waals surface area contributed by atoms with E-state index in [1.165, 1.54) is 24.5 Å². The maximum absolute atomic E-state index is 12.0. The zero-order chi connectivity index (χ0) is 39.7. The van der Waals surface area contributed by atoms with Crippen LogP contribution in [0.2, 0.25) is 0 Å². The first-order valence-corrected chi connectivity index (χ1v) is 21.5. The van der Waals surface area contributed by atoms with E-state index >= 15 is 0 Å². The van der Waals surface area contributed by atoms with E-state index < -0.39 is 58.1 Å². The van der Waals surface area contributed by atoms with Crippen LogP contribution in [0.1, 0.15) is 43.7 Å². The number of allylic oxidation sites excluding steroid dienone is 3. The molecule has 16 nitrogen and oxygen atoms in total. The van der Waals surface area contributed by atoms with Gasteiger partial charge in [-0.2, -0.15) is 8.42 Å². The smallest absolute Gasteiger partial charge is 0.305 e. The minimum absolute atomic E-state index is 0.0521. The van der Waals surface area contributed by atoms with Crippen LogP contribution >= 0.6 is 0 Å². The van der Waals surface area contributed by atoms with E-state index in [9.17, 15) is 43.7 Å². The van der Waals surface area contributed by atoms with Gasteiger partial charge in [0, 0.05) is 54.3 Å². The van der Waals surface area contributed by atoms with Crippen molar-refractivity contribution in [2.45, 2.75) is 42.9 Å². The number of anilines is 1. The molecule has 0 radical (unpaired) electrons. The van der Waals surface area contributed by atoms with Gasteiger partial charge >= 0.3 is 5.97 Å². The van der Waals surface area contributed by atoms with Crippen LogP contribution in [0.5, 0.6) is 0 Å². The summed E-state index contributed by atoms with van der Waals surface area (Å²) in [6, 6.07) is 11.2. The third-order valence-electron chi connectivity index (χ3n) is 9.00. The molecule has 19 heteroatoms. The average Bonchev–Trinajstić information content (AvgIpc) is 3.30. The number of hydrogen-bond donors (Lipinski definition) is 2. The van der Waals surface area contributed by atoms with E-state index in [0.29, 0.717) is 42.4 Å². The molecule has 4 rings (SSSR count). The highest BCUT2D eigenvalue weighted by Gasteiger charge is 2.43. The van der Waals surface area contributed by atoms with Gasteiger partial charge in [0.1, 0.15) is 29.0 Å². The Bertz CT molecular complexity index is 2250. The molecule has 0 spiro atoms. The van der Waals surface area contributed by atoms with Gasteiger partial charge in [-0.15, -0.1) is 0 Å². The van der Waals surface area contributed by atoms with Gasteiger partial charge in [-0.05, 0) is 67.3 Å². The number of carboxylic acid groups (broad SMARTS) is 1. The Morgan fingerprint density at radius 1 is 0.981 bits per heavy atom. The second-order valence-electron chi connectivity index (χ2n) is 12.8. The number of rotatable bonds is 20. The number of ether oxygens (including phenoxy) is 2. The van der Waals surface area contributed by atoms with Crippen molar-refractivity contribution in [2.75, 3.05) is 63.0 Å². The van der Waals surface area contributed by atoms with Gasteiger partial charge in [0.15, 0.2) is 6.54 Å². The predicted molar refractivity (Wildman–Crippen MR) is 196 cm³/mol. The minimum Gasteiger partial charge on any atom is -0.748 e. The first-order valence-electron chi connectivity index (χ1n) is 16.9. The van der Waals surface area contributed by atoms with Crippen molar-refractivity contribution in [1.29, 1.82) is 0 Å². The summed E-state index contributed by atoms with van der Waals surface area (Å²) < 4.78 is 121. The van der Waals surface area contributed by atoms with Crippen LogP contribution in [0.25, 0.3) is 17.4 Å². The van der Waals surface area contributed by atoms with E-state index in [2.05, 4.69) is 0 Å². The van der Waals surface area contributed by atoms with Crippen LogP contribution in [0.4, 0.5) is 5.69 Å². The van der Waals surface area contributed by atoms with Crippen LogP contribution in [-0.2, 0) is 50.0 Å². The van der Waals surface area contributed by atoms with Crippen LogP contribution in [0.3, 0.4) is 0 Å². The largest absolute Gasteiger partial charge is 0.748 e. The van der Waals surface area contributed by atoms with Crippen LogP contribution < -0.4 is 14.8 Å². The maximum Gasteiger partial charge on any atom is 0.305 e. The second-order valence-corrected chi connectivity index (χ2v) is 17.3. The molecule has 0 amide bonds. The van der Waals surface area contributed by atoms with Crippen LogP contribution in [-0.4, -0.2) is 108 Å². The Morgan fingerprint density at radius 2 is 1.74 bits per heavy atom. The fraction of sp³-hybridized carbons (Fsp3) is 0.429. The molecule has 1 atom stereocenters. The van der Waals surface area contributed by atoms with E-state index in [1.807, 2.05) is 21.6 Å². The Balaban J connectivity index is 1.77. The number of fused-ring (bicyclic) bond motifs is 2. The Morgan fingerprint density at radius 3 is 2.41 bits per heavy atom. The zero-order valence-electron chi connectivity index (χ0n) is 29.7. The molecule has 0 aromatic heterocycles. The van der Waals surface area contributed by atoms with E-state index in [1.54, 1.807) is 44.4 Å². The van der Waals surface area contributed by atoms with Crippen LogP contribution in [0.15, 0.2) is 75.9 Å². The molecular weight excluding hydrogens is 769 g/mol. The third-order valence-corrected chi connectivity index (χ3v) is 11.4. The highest BCUT2D eigenvalue weighted by Crippen LogP contribution is 2.51. The molecule has 0 fully saturated rings. The third kappa shape index (κ3) is 11.8. The van der Waals surface area contributed by atoms with E-state index in [0.717, 1.165) is 16.5 Å². The molecule has 1 aliphatic carbocycles. The Kier molecular flexibility index (Phi) is 14.4. The topological polar surface area (TPSA) is 244 Å². The fourth-order valence-corrected chi connectivity index (χ4v) is 7.91. The molecule has 3 aliphatic rings.